The molecule has 5 nitrogen and oxygen atoms in total. The largest absolute Gasteiger partial charge is 0.478 e. The smallest absolute Gasteiger partial charge is 0.338 e. The Bertz CT molecular complexity index is 463. The van der Waals surface area contributed by atoms with Crippen molar-refractivity contribution in [3.8, 4) is 0 Å². The van der Waals surface area contributed by atoms with Gasteiger partial charge < -0.3 is 16.2 Å². The number of carbonyl (C=O) groups is 2. The van der Waals surface area contributed by atoms with Gasteiger partial charge in [-0.25, -0.2) is 9.18 Å². The molecule has 0 heterocycles. The number of halogens is 1. The summed E-state index contributed by atoms with van der Waals surface area (Å²) in [5.74, 6) is -2.65. The zero-order valence-electron chi connectivity index (χ0n) is 9.94. The van der Waals surface area contributed by atoms with Crippen LogP contribution in [-0.2, 0) is 4.79 Å². The molecule has 1 aromatic rings. The predicted molar refractivity (Wildman–Crippen MR) is 64.9 cm³/mol. The van der Waals surface area contributed by atoms with E-state index in [1.54, 1.807) is 0 Å². The van der Waals surface area contributed by atoms with Gasteiger partial charge in [0.1, 0.15) is 5.82 Å². The molecule has 18 heavy (non-hydrogen) atoms. The first-order chi connectivity index (χ1) is 8.45. The lowest BCUT2D eigenvalue weighted by molar-refractivity contribution is -0.117. The minimum Gasteiger partial charge on any atom is -0.478 e. The second-order valence-corrected chi connectivity index (χ2v) is 3.88. The first-order valence-corrected chi connectivity index (χ1v) is 5.55. The third kappa shape index (κ3) is 3.53. The Morgan fingerprint density at radius 1 is 1.50 bits per heavy atom. The molecule has 4 N–H and O–H groups in total. The van der Waals surface area contributed by atoms with Crippen molar-refractivity contribution in [1.82, 2.24) is 0 Å². The predicted octanol–water partition coefficient (Wildman–Crippen LogP) is 1.59. The van der Waals surface area contributed by atoms with Crippen LogP contribution >= 0.6 is 0 Å². The summed E-state index contributed by atoms with van der Waals surface area (Å²) < 4.78 is 13.1. The van der Waals surface area contributed by atoms with Crippen LogP contribution in [0, 0.1) is 5.82 Å². The van der Waals surface area contributed by atoms with E-state index in [0.717, 1.165) is 18.6 Å². The molecule has 0 saturated carbocycles. The lowest BCUT2D eigenvalue weighted by Gasteiger charge is -2.11. The highest BCUT2D eigenvalue weighted by molar-refractivity contribution is 5.96. The van der Waals surface area contributed by atoms with Gasteiger partial charge >= 0.3 is 5.97 Å². The highest BCUT2D eigenvalue weighted by Crippen LogP contribution is 2.15. The maximum Gasteiger partial charge on any atom is 0.338 e. The third-order valence-corrected chi connectivity index (χ3v) is 2.40. The summed E-state index contributed by atoms with van der Waals surface area (Å²) in [4.78, 5) is 22.3. The number of amides is 1. The molecule has 0 bridgehead atoms. The summed E-state index contributed by atoms with van der Waals surface area (Å²) in [6, 6.07) is 2.69. The molecule has 1 aromatic carbocycles. The molecule has 0 spiro atoms. The number of carboxylic acids is 1. The van der Waals surface area contributed by atoms with Gasteiger partial charge in [-0.3, -0.25) is 4.79 Å². The van der Waals surface area contributed by atoms with E-state index in [-0.39, 0.29) is 5.69 Å². The quantitative estimate of drug-likeness (QED) is 0.744. The molecule has 98 valence electrons. The molecule has 0 aliphatic rings. The Hall–Kier alpha value is -1.95. The molecule has 0 saturated heterocycles. The Balaban J connectivity index is 2.82. The summed E-state index contributed by atoms with van der Waals surface area (Å²) in [6.07, 6.45) is 1.29. The summed E-state index contributed by atoms with van der Waals surface area (Å²) in [5.41, 5.74) is 5.33. The average Bonchev–Trinajstić information content (AvgIpc) is 2.31. The topological polar surface area (TPSA) is 92.4 Å². The van der Waals surface area contributed by atoms with Crippen molar-refractivity contribution in [2.75, 3.05) is 5.32 Å². The van der Waals surface area contributed by atoms with Gasteiger partial charge in [-0.15, -0.1) is 0 Å². The van der Waals surface area contributed by atoms with Crippen molar-refractivity contribution in [2.45, 2.75) is 25.8 Å². The Kier molecular flexibility index (Phi) is 4.79. The Morgan fingerprint density at radius 3 is 2.72 bits per heavy atom. The van der Waals surface area contributed by atoms with Crippen LogP contribution in [0.5, 0.6) is 0 Å². The van der Waals surface area contributed by atoms with Crippen LogP contribution in [0.1, 0.15) is 30.1 Å². The second-order valence-electron chi connectivity index (χ2n) is 3.88. The summed E-state index contributed by atoms with van der Waals surface area (Å²) in [5, 5.41) is 11.2. The molecular formula is C12H15FN2O3. The normalized spacial score (nSPS) is 11.9. The molecule has 1 atom stereocenters. The zero-order valence-corrected chi connectivity index (χ0v) is 9.94. The van der Waals surface area contributed by atoms with Crippen LogP contribution < -0.4 is 11.1 Å². The highest BCUT2D eigenvalue weighted by atomic mass is 19.1. The van der Waals surface area contributed by atoms with Crippen LogP contribution in [0.3, 0.4) is 0 Å². The minimum atomic E-state index is -1.39. The zero-order chi connectivity index (χ0) is 13.7. The van der Waals surface area contributed by atoms with Crippen LogP contribution in [-0.4, -0.2) is 23.0 Å². The summed E-state index contributed by atoms with van der Waals surface area (Å²) >= 11 is 0. The summed E-state index contributed by atoms with van der Waals surface area (Å²) in [7, 11) is 0. The number of rotatable bonds is 5. The van der Waals surface area contributed by atoms with E-state index in [1.807, 2.05) is 6.92 Å². The van der Waals surface area contributed by atoms with E-state index >= 15 is 0 Å². The fraction of sp³-hybridized carbons (Fsp3) is 0.333. The number of hydrogen-bond donors (Lipinski definition) is 3. The number of benzene rings is 1. The van der Waals surface area contributed by atoms with Gasteiger partial charge in [0.05, 0.1) is 11.6 Å². The van der Waals surface area contributed by atoms with Crippen LogP contribution in [0.2, 0.25) is 0 Å². The van der Waals surface area contributed by atoms with Crippen molar-refractivity contribution < 1.29 is 19.1 Å². The van der Waals surface area contributed by atoms with Gasteiger partial charge in [0.15, 0.2) is 0 Å². The van der Waals surface area contributed by atoms with E-state index in [1.165, 1.54) is 6.07 Å². The first-order valence-electron chi connectivity index (χ1n) is 5.55. The fourth-order valence-corrected chi connectivity index (χ4v) is 1.44. The number of hydrogen-bond acceptors (Lipinski definition) is 3. The molecule has 6 heteroatoms. The number of carbonyl (C=O) groups excluding carboxylic acids is 1. The maximum atomic E-state index is 13.1. The number of carboxylic acid groups (broad SMARTS) is 1. The Labute approximate surface area is 104 Å². The molecule has 1 amide bonds. The Morgan fingerprint density at radius 2 is 2.17 bits per heavy atom. The first kappa shape index (κ1) is 14.1. The number of aromatic carboxylic acids is 1. The number of nitrogens with one attached hydrogen (secondary N) is 1. The third-order valence-electron chi connectivity index (χ3n) is 2.40. The van der Waals surface area contributed by atoms with E-state index in [0.29, 0.717) is 6.42 Å². The molecule has 0 radical (unpaired) electrons. The SMILES string of the molecule is CCCC(N)C(=O)Nc1ccc(F)c(C(=O)O)c1. The maximum absolute atomic E-state index is 13.1. The second kappa shape index (κ2) is 6.11. The van der Waals surface area contributed by atoms with Crippen molar-refractivity contribution in [2.24, 2.45) is 5.73 Å². The van der Waals surface area contributed by atoms with Gasteiger partial charge in [0.2, 0.25) is 5.91 Å². The van der Waals surface area contributed by atoms with Crippen LogP contribution in [0.25, 0.3) is 0 Å². The van der Waals surface area contributed by atoms with Gasteiger partial charge in [-0.1, -0.05) is 13.3 Å². The fourth-order valence-electron chi connectivity index (χ4n) is 1.44. The minimum absolute atomic E-state index is 0.213. The molecule has 0 aliphatic heterocycles. The van der Waals surface area contributed by atoms with Gasteiger partial charge in [0.25, 0.3) is 0 Å². The molecular weight excluding hydrogens is 239 g/mol. The molecule has 0 fully saturated rings. The van der Waals surface area contributed by atoms with Gasteiger partial charge in [-0.2, -0.15) is 0 Å². The number of anilines is 1. The average molecular weight is 254 g/mol. The standard InChI is InChI=1S/C12H15FN2O3/c1-2-3-10(14)11(16)15-7-4-5-9(13)8(6-7)12(17)18/h4-6,10H,2-3,14H2,1H3,(H,15,16)(H,17,18). The van der Waals surface area contributed by atoms with Crippen molar-refractivity contribution in [3.05, 3.63) is 29.6 Å². The highest BCUT2D eigenvalue weighted by Gasteiger charge is 2.15. The monoisotopic (exact) mass is 254 g/mol. The lowest BCUT2D eigenvalue weighted by Crippen LogP contribution is -2.35. The summed E-state index contributed by atoms with van der Waals surface area (Å²) in [6.45, 7) is 1.90. The van der Waals surface area contributed by atoms with E-state index in [2.05, 4.69) is 5.32 Å². The molecule has 0 aromatic heterocycles. The van der Waals surface area contributed by atoms with Crippen LogP contribution in [0.4, 0.5) is 10.1 Å². The van der Waals surface area contributed by atoms with E-state index in [9.17, 15) is 14.0 Å². The van der Waals surface area contributed by atoms with Gasteiger partial charge in [-0.05, 0) is 24.6 Å². The molecule has 1 unspecified atom stereocenters. The van der Waals surface area contributed by atoms with E-state index < -0.39 is 29.3 Å². The van der Waals surface area contributed by atoms with Crippen molar-refractivity contribution in [3.63, 3.8) is 0 Å². The number of nitrogens with two attached hydrogens (primary N) is 1. The lowest BCUT2D eigenvalue weighted by atomic mass is 10.1. The van der Waals surface area contributed by atoms with Crippen molar-refractivity contribution >= 4 is 17.6 Å². The molecule has 0 aliphatic carbocycles. The van der Waals surface area contributed by atoms with Crippen LogP contribution in [0.15, 0.2) is 18.2 Å². The van der Waals surface area contributed by atoms with Crippen molar-refractivity contribution in [1.29, 1.82) is 0 Å². The molecule has 1 rings (SSSR count). The van der Waals surface area contributed by atoms with Gasteiger partial charge in [0, 0.05) is 5.69 Å². The van der Waals surface area contributed by atoms with E-state index in [4.69, 9.17) is 10.8 Å².